The molecule has 1 fully saturated rings. The first-order chi connectivity index (χ1) is 7.22. The van der Waals surface area contributed by atoms with Crippen LogP contribution >= 0.6 is 27.5 Å². The molecule has 0 saturated heterocycles. The van der Waals surface area contributed by atoms with E-state index in [1.54, 1.807) is 0 Å². The van der Waals surface area contributed by atoms with Crippen molar-refractivity contribution in [2.75, 3.05) is 13.1 Å². The summed E-state index contributed by atoms with van der Waals surface area (Å²) >= 11 is 9.64. The lowest BCUT2D eigenvalue weighted by atomic mass is 10.1. The minimum Gasteiger partial charge on any atom is -0.317 e. The van der Waals surface area contributed by atoms with E-state index >= 15 is 0 Å². The Hall–Kier alpha value is -0.0500. The van der Waals surface area contributed by atoms with Crippen LogP contribution in [0, 0.1) is 5.92 Å². The Morgan fingerprint density at radius 3 is 3.00 bits per heavy atom. The lowest BCUT2D eigenvalue weighted by Crippen LogP contribution is -2.16. The Labute approximate surface area is 104 Å². The summed E-state index contributed by atoms with van der Waals surface area (Å²) in [5, 5.41) is 4.29. The SMILES string of the molecule is CCNCC1CC1c1ccc(Br)cc1Cl. The summed E-state index contributed by atoms with van der Waals surface area (Å²) in [6, 6.07) is 6.20. The van der Waals surface area contributed by atoms with Gasteiger partial charge >= 0.3 is 0 Å². The van der Waals surface area contributed by atoms with E-state index in [0.717, 1.165) is 28.5 Å². The van der Waals surface area contributed by atoms with Gasteiger partial charge in [-0.25, -0.2) is 0 Å². The van der Waals surface area contributed by atoms with Crippen molar-refractivity contribution in [2.45, 2.75) is 19.3 Å². The van der Waals surface area contributed by atoms with Gasteiger partial charge in [0.15, 0.2) is 0 Å². The van der Waals surface area contributed by atoms with E-state index in [1.165, 1.54) is 12.0 Å². The van der Waals surface area contributed by atoms with Crippen LogP contribution in [0.1, 0.15) is 24.8 Å². The Morgan fingerprint density at radius 1 is 1.53 bits per heavy atom. The first kappa shape index (κ1) is 11.4. The second kappa shape index (κ2) is 4.86. The topological polar surface area (TPSA) is 12.0 Å². The average Bonchev–Trinajstić information content (AvgIpc) is 2.94. The van der Waals surface area contributed by atoms with Gasteiger partial charge in [0, 0.05) is 9.50 Å². The molecule has 0 bridgehead atoms. The molecule has 2 unspecified atom stereocenters. The van der Waals surface area contributed by atoms with E-state index in [-0.39, 0.29) is 0 Å². The van der Waals surface area contributed by atoms with Crippen molar-refractivity contribution in [3.63, 3.8) is 0 Å². The van der Waals surface area contributed by atoms with Crippen LogP contribution in [0.2, 0.25) is 5.02 Å². The van der Waals surface area contributed by atoms with Gasteiger partial charge in [0.25, 0.3) is 0 Å². The van der Waals surface area contributed by atoms with Gasteiger partial charge in [0.05, 0.1) is 0 Å². The molecule has 1 aromatic carbocycles. The van der Waals surface area contributed by atoms with Gasteiger partial charge in [-0.3, -0.25) is 0 Å². The first-order valence-electron chi connectivity index (χ1n) is 5.38. The second-order valence-corrected chi connectivity index (χ2v) is 5.40. The number of halogens is 2. The Bertz CT molecular complexity index is 353. The normalized spacial score (nSPS) is 24.2. The summed E-state index contributed by atoms with van der Waals surface area (Å²) in [4.78, 5) is 0. The first-order valence-corrected chi connectivity index (χ1v) is 6.55. The van der Waals surface area contributed by atoms with Gasteiger partial charge in [0.2, 0.25) is 0 Å². The Morgan fingerprint density at radius 2 is 2.33 bits per heavy atom. The predicted octanol–water partition coefficient (Wildman–Crippen LogP) is 3.82. The van der Waals surface area contributed by atoms with Crippen LogP contribution in [0.5, 0.6) is 0 Å². The van der Waals surface area contributed by atoms with E-state index in [1.807, 2.05) is 6.07 Å². The third kappa shape index (κ3) is 2.74. The van der Waals surface area contributed by atoms with E-state index < -0.39 is 0 Å². The van der Waals surface area contributed by atoms with Gasteiger partial charge in [-0.2, -0.15) is 0 Å². The zero-order valence-corrected chi connectivity index (χ0v) is 11.1. The molecule has 1 aromatic rings. The lowest BCUT2D eigenvalue weighted by molar-refractivity contribution is 0.649. The maximum absolute atomic E-state index is 6.21. The summed E-state index contributed by atoms with van der Waals surface area (Å²) in [6.45, 7) is 4.31. The Kier molecular flexibility index (Phi) is 3.70. The van der Waals surface area contributed by atoms with Gasteiger partial charge in [-0.1, -0.05) is 40.5 Å². The van der Waals surface area contributed by atoms with Crippen LogP contribution < -0.4 is 5.32 Å². The molecule has 3 heteroatoms. The Balaban J connectivity index is 2.00. The highest BCUT2D eigenvalue weighted by Gasteiger charge is 2.38. The quantitative estimate of drug-likeness (QED) is 0.888. The fourth-order valence-electron chi connectivity index (χ4n) is 1.99. The van der Waals surface area contributed by atoms with Crippen LogP contribution in [-0.4, -0.2) is 13.1 Å². The molecule has 0 aromatic heterocycles. The number of nitrogens with one attached hydrogen (secondary N) is 1. The van der Waals surface area contributed by atoms with Crippen LogP contribution in [0.15, 0.2) is 22.7 Å². The molecule has 1 aliphatic rings. The summed E-state index contributed by atoms with van der Waals surface area (Å²) in [6.07, 6.45) is 1.27. The fourth-order valence-corrected chi connectivity index (χ4v) is 2.80. The van der Waals surface area contributed by atoms with E-state index in [4.69, 9.17) is 11.6 Å². The average molecular weight is 289 g/mol. The molecule has 1 saturated carbocycles. The van der Waals surface area contributed by atoms with Crippen molar-refractivity contribution in [1.82, 2.24) is 5.32 Å². The van der Waals surface area contributed by atoms with Crippen LogP contribution in [0.3, 0.4) is 0 Å². The molecule has 15 heavy (non-hydrogen) atoms. The van der Waals surface area contributed by atoms with E-state index in [2.05, 4.69) is 40.3 Å². The highest BCUT2D eigenvalue weighted by molar-refractivity contribution is 9.10. The number of rotatable bonds is 4. The monoisotopic (exact) mass is 287 g/mol. The third-order valence-electron chi connectivity index (χ3n) is 2.94. The minimum absolute atomic E-state index is 0.671. The molecule has 2 rings (SSSR count). The molecule has 0 radical (unpaired) electrons. The summed E-state index contributed by atoms with van der Waals surface area (Å²) in [5.41, 5.74) is 1.31. The minimum atomic E-state index is 0.671. The number of benzene rings is 1. The van der Waals surface area contributed by atoms with E-state index in [0.29, 0.717) is 5.92 Å². The zero-order valence-electron chi connectivity index (χ0n) is 8.76. The summed E-state index contributed by atoms with van der Waals surface area (Å²) in [7, 11) is 0. The largest absolute Gasteiger partial charge is 0.317 e. The van der Waals surface area contributed by atoms with Crippen LogP contribution in [0.25, 0.3) is 0 Å². The van der Waals surface area contributed by atoms with Gasteiger partial charge in [0.1, 0.15) is 0 Å². The molecule has 0 spiro atoms. The van der Waals surface area contributed by atoms with Crippen molar-refractivity contribution < 1.29 is 0 Å². The summed E-state index contributed by atoms with van der Waals surface area (Å²) in [5.74, 6) is 1.45. The standard InChI is InChI=1S/C12H15BrClN/c1-2-15-7-8-5-11(8)10-4-3-9(13)6-12(10)14/h3-4,6,8,11,15H,2,5,7H2,1H3. The maximum Gasteiger partial charge on any atom is 0.0452 e. The highest BCUT2D eigenvalue weighted by Crippen LogP contribution is 2.49. The molecule has 0 amide bonds. The zero-order chi connectivity index (χ0) is 10.8. The molecule has 0 aliphatic heterocycles. The van der Waals surface area contributed by atoms with Crippen molar-refractivity contribution >= 4 is 27.5 Å². The highest BCUT2D eigenvalue weighted by atomic mass is 79.9. The molecular weight excluding hydrogens is 273 g/mol. The molecular formula is C12H15BrClN. The number of hydrogen-bond acceptors (Lipinski definition) is 1. The molecule has 1 nitrogen and oxygen atoms in total. The van der Waals surface area contributed by atoms with Gasteiger partial charge in [-0.05, 0) is 49.0 Å². The molecule has 82 valence electrons. The smallest absolute Gasteiger partial charge is 0.0452 e. The van der Waals surface area contributed by atoms with Crippen LogP contribution in [0.4, 0.5) is 0 Å². The maximum atomic E-state index is 6.21. The molecule has 0 heterocycles. The summed E-state index contributed by atoms with van der Waals surface area (Å²) < 4.78 is 1.06. The van der Waals surface area contributed by atoms with Gasteiger partial charge in [-0.15, -0.1) is 0 Å². The number of hydrogen-bond donors (Lipinski definition) is 1. The molecule has 2 atom stereocenters. The van der Waals surface area contributed by atoms with Gasteiger partial charge < -0.3 is 5.32 Å². The van der Waals surface area contributed by atoms with Crippen LogP contribution in [-0.2, 0) is 0 Å². The predicted molar refractivity (Wildman–Crippen MR) is 68.5 cm³/mol. The lowest BCUT2D eigenvalue weighted by Gasteiger charge is -2.04. The molecule has 1 aliphatic carbocycles. The van der Waals surface area contributed by atoms with Crippen molar-refractivity contribution in [3.05, 3.63) is 33.3 Å². The van der Waals surface area contributed by atoms with Crippen molar-refractivity contribution in [2.24, 2.45) is 5.92 Å². The second-order valence-electron chi connectivity index (χ2n) is 4.08. The molecule has 1 N–H and O–H groups in total. The van der Waals surface area contributed by atoms with Crippen molar-refractivity contribution in [3.8, 4) is 0 Å². The third-order valence-corrected chi connectivity index (χ3v) is 3.76. The fraction of sp³-hybridized carbons (Fsp3) is 0.500. The van der Waals surface area contributed by atoms with E-state index in [9.17, 15) is 0 Å². The van der Waals surface area contributed by atoms with Crippen molar-refractivity contribution in [1.29, 1.82) is 0 Å².